The molecule has 3 heteroatoms. The molecule has 0 aromatic heterocycles. The summed E-state index contributed by atoms with van der Waals surface area (Å²) in [4.78, 5) is 2.49. The molecular weight excluding hydrogens is 248 g/mol. The number of rotatable bonds is 4. The summed E-state index contributed by atoms with van der Waals surface area (Å²) in [6.45, 7) is 12.4. The van der Waals surface area contributed by atoms with Crippen molar-refractivity contribution in [2.75, 3.05) is 39.8 Å². The van der Waals surface area contributed by atoms with E-state index in [2.05, 4.69) is 38.0 Å². The van der Waals surface area contributed by atoms with Crippen LogP contribution in [0.3, 0.4) is 0 Å². The first-order chi connectivity index (χ1) is 9.45. The molecule has 0 aromatic carbocycles. The van der Waals surface area contributed by atoms with Gasteiger partial charge in [0.15, 0.2) is 0 Å². The predicted octanol–water partition coefficient (Wildman–Crippen LogP) is 2.76. The van der Waals surface area contributed by atoms with Gasteiger partial charge < -0.3 is 15.0 Å². The van der Waals surface area contributed by atoms with Gasteiger partial charge in [0.1, 0.15) is 0 Å². The molecule has 1 aliphatic carbocycles. The number of hydrogen-bond donors (Lipinski definition) is 1. The highest BCUT2D eigenvalue weighted by Crippen LogP contribution is 2.39. The number of hydrogen-bond acceptors (Lipinski definition) is 3. The van der Waals surface area contributed by atoms with Gasteiger partial charge in [0, 0.05) is 26.2 Å². The van der Waals surface area contributed by atoms with Gasteiger partial charge >= 0.3 is 0 Å². The van der Waals surface area contributed by atoms with Crippen LogP contribution in [0.25, 0.3) is 0 Å². The molecule has 2 fully saturated rings. The topological polar surface area (TPSA) is 24.5 Å². The number of likely N-dealkylation sites (N-methyl/N-ethyl adjacent to an activating group) is 1. The maximum Gasteiger partial charge on any atom is 0.0826 e. The first-order valence-electron chi connectivity index (χ1n) is 8.46. The van der Waals surface area contributed by atoms with Crippen LogP contribution in [0.4, 0.5) is 0 Å². The normalized spacial score (nSPS) is 32.5. The van der Waals surface area contributed by atoms with Gasteiger partial charge in [0.25, 0.3) is 0 Å². The van der Waals surface area contributed by atoms with Gasteiger partial charge in [-0.25, -0.2) is 0 Å². The van der Waals surface area contributed by atoms with Crippen LogP contribution < -0.4 is 5.32 Å². The summed E-state index contributed by atoms with van der Waals surface area (Å²) in [5, 5.41) is 3.41. The van der Waals surface area contributed by atoms with Crippen LogP contribution in [0.1, 0.15) is 46.5 Å². The summed E-state index contributed by atoms with van der Waals surface area (Å²) in [5.74, 6) is 1.82. The Hall–Kier alpha value is -0.120. The molecule has 1 saturated carbocycles. The van der Waals surface area contributed by atoms with E-state index in [0.29, 0.717) is 11.5 Å². The summed E-state index contributed by atoms with van der Waals surface area (Å²) in [7, 11) is 2.26. The van der Waals surface area contributed by atoms with Crippen molar-refractivity contribution >= 4 is 0 Å². The van der Waals surface area contributed by atoms with Crippen LogP contribution in [-0.2, 0) is 4.74 Å². The molecule has 0 radical (unpaired) electrons. The Balaban J connectivity index is 1.66. The molecule has 1 saturated heterocycles. The van der Waals surface area contributed by atoms with Crippen molar-refractivity contribution < 1.29 is 4.74 Å². The zero-order valence-corrected chi connectivity index (χ0v) is 14.0. The fourth-order valence-corrected chi connectivity index (χ4v) is 3.81. The summed E-state index contributed by atoms with van der Waals surface area (Å²) in [6, 6.07) is 0. The second kappa shape index (κ2) is 7.24. The number of nitrogens with zero attached hydrogens (tertiary/aromatic N) is 1. The molecule has 0 aromatic rings. The fourth-order valence-electron chi connectivity index (χ4n) is 3.81. The van der Waals surface area contributed by atoms with Gasteiger partial charge in [0.2, 0.25) is 0 Å². The zero-order valence-electron chi connectivity index (χ0n) is 14.0. The SMILES string of the molecule is CN(CC1CCC(C(C)(C)C)CC1)CC1CNCCO1. The third-order valence-corrected chi connectivity index (χ3v) is 5.16. The largest absolute Gasteiger partial charge is 0.374 e. The van der Waals surface area contributed by atoms with E-state index in [4.69, 9.17) is 4.74 Å². The molecule has 1 unspecified atom stereocenters. The zero-order chi connectivity index (χ0) is 14.6. The average molecular weight is 282 g/mol. The van der Waals surface area contributed by atoms with E-state index < -0.39 is 0 Å². The second-order valence-corrected chi connectivity index (χ2v) is 8.00. The Morgan fingerprint density at radius 1 is 1.10 bits per heavy atom. The lowest BCUT2D eigenvalue weighted by atomic mass is 9.70. The molecule has 0 spiro atoms. The average Bonchev–Trinajstić information content (AvgIpc) is 2.39. The van der Waals surface area contributed by atoms with Crippen LogP contribution in [0.15, 0.2) is 0 Å². The van der Waals surface area contributed by atoms with Crippen LogP contribution in [0.2, 0.25) is 0 Å². The maximum absolute atomic E-state index is 5.80. The van der Waals surface area contributed by atoms with E-state index in [0.717, 1.165) is 38.1 Å². The Bertz CT molecular complexity index is 273. The number of ether oxygens (including phenoxy) is 1. The summed E-state index contributed by atoms with van der Waals surface area (Å²) in [5.41, 5.74) is 0.498. The van der Waals surface area contributed by atoms with E-state index in [9.17, 15) is 0 Å². The van der Waals surface area contributed by atoms with Crippen molar-refractivity contribution in [1.29, 1.82) is 0 Å². The fraction of sp³-hybridized carbons (Fsp3) is 1.00. The predicted molar refractivity (Wildman–Crippen MR) is 85.0 cm³/mol. The van der Waals surface area contributed by atoms with Crippen LogP contribution in [0, 0.1) is 17.3 Å². The molecule has 0 bridgehead atoms. The van der Waals surface area contributed by atoms with Crippen molar-refractivity contribution in [3.8, 4) is 0 Å². The van der Waals surface area contributed by atoms with E-state index in [1.54, 1.807) is 0 Å². The van der Waals surface area contributed by atoms with Gasteiger partial charge in [-0.05, 0) is 50.0 Å². The minimum Gasteiger partial charge on any atom is -0.374 e. The Labute approximate surface area is 125 Å². The second-order valence-electron chi connectivity index (χ2n) is 8.00. The molecule has 1 aliphatic heterocycles. The molecule has 0 amide bonds. The van der Waals surface area contributed by atoms with Crippen LogP contribution >= 0.6 is 0 Å². The van der Waals surface area contributed by atoms with Gasteiger partial charge in [-0.2, -0.15) is 0 Å². The Morgan fingerprint density at radius 2 is 1.80 bits per heavy atom. The molecule has 2 rings (SSSR count). The first-order valence-corrected chi connectivity index (χ1v) is 8.46. The van der Waals surface area contributed by atoms with E-state index in [1.807, 2.05) is 0 Å². The Kier molecular flexibility index (Phi) is 5.88. The van der Waals surface area contributed by atoms with Crippen LogP contribution in [0.5, 0.6) is 0 Å². The van der Waals surface area contributed by atoms with E-state index in [1.165, 1.54) is 32.2 Å². The van der Waals surface area contributed by atoms with Crippen molar-refractivity contribution in [2.45, 2.75) is 52.6 Å². The lowest BCUT2D eigenvalue weighted by molar-refractivity contribution is 0.00585. The summed E-state index contributed by atoms with van der Waals surface area (Å²) < 4.78 is 5.80. The third-order valence-electron chi connectivity index (χ3n) is 5.16. The van der Waals surface area contributed by atoms with E-state index in [-0.39, 0.29) is 0 Å². The number of nitrogens with one attached hydrogen (secondary N) is 1. The molecule has 118 valence electrons. The summed E-state index contributed by atoms with van der Waals surface area (Å²) >= 11 is 0. The molecule has 2 aliphatic rings. The highest BCUT2D eigenvalue weighted by molar-refractivity contribution is 4.82. The molecule has 1 N–H and O–H groups in total. The monoisotopic (exact) mass is 282 g/mol. The quantitative estimate of drug-likeness (QED) is 0.858. The van der Waals surface area contributed by atoms with E-state index >= 15 is 0 Å². The smallest absolute Gasteiger partial charge is 0.0826 e. The van der Waals surface area contributed by atoms with Gasteiger partial charge in [0.05, 0.1) is 12.7 Å². The minimum atomic E-state index is 0.389. The molecule has 3 nitrogen and oxygen atoms in total. The molecule has 1 atom stereocenters. The Morgan fingerprint density at radius 3 is 2.35 bits per heavy atom. The molecule has 20 heavy (non-hydrogen) atoms. The highest BCUT2D eigenvalue weighted by atomic mass is 16.5. The van der Waals surface area contributed by atoms with Gasteiger partial charge in [-0.15, -0.1) is 0 Å². The highest BCUT2D eigenvalue weighted by Gasteiger charge is 2.30. The lowest BCUT2D eigenvalue weighted by Gasteiger charge is -2.38. The van der Waals surface area contributed by atoms with Crippen molar-refractivity contribution in [3.63, 3.8) is 0 Å². The van der Waals surface area contributed by atoms with Crippen molar-refractivity contribution in [1.82, 2.24) is 10.2 Å². The first kappa shape index (κ1) is 16.3. The van der Waals surface area contributed by atoms with Crippen molar-refractivity contribution in [3.05, 3.63) is 0 Å². The molecule has 1 heterocycles. The summed E-state index contributed by atoms with van der Waals surface area (Å²) in [6.07, 6.45) is 6.05. The minimum absolute atomic E-state index is 0.389. The lowest BCUT2D eigenvalue weighted by Crippen LogP contribution is -2.45. The van der Waals surface area contributed by atoms with Gasteiger partial charge in [-0.3, -0.25) is 0 Å². The van der Waals surface area contributed by atoms with Crippen molar-refractivity contribution in [2.24, 2.45) is 17.3 Å². The standard InChI is InChI=1S/C17H34N2O/c1-17(2,3)15-7-5-14(6-8-15)12-19(4)13-16-11-18-9-10-20-16/h14-16,18H,5-13H2,1-4H3. The number of morpholine rings is 1. The maximum atomic E-state index is 5.80. The van der Waals surface area contributed by atoms with Crippen LogP contribution in [-0.4, -0.2) is 50.8 Å². The molecular formula is C17H34N2O. The van der Waals surface area contributed by atoms with Gasteiger partial charge in [-0.1, -0.05) is 20.8 Å². The third kappa shape index (κ3) is 5.01.